The zero-order chi connectivity index (χ0) is 16.1. The number of nitrogens with two attached hydrogens (primary N) is 3. The number of nitrogens with zero attached hydrogens (tertiary/aromatic N) is 4. The molecule has 0 radical (unpaired) electrons. The van der Waals surface area contributed by atoms with E-state index in [1.165, 1.54) is 12.7 Å². The normalized spacial score (nSPS) is 11.1. The molecule has 2 rings (SSSR count). The molecule has 2 atom stereocenters. The number of hydrogen-bond acceptors (Lipinski definition) is 8. The van der Waals surface area contributed by atoms with Crippen molar-refractivity contribution in [3.05, 3.63) is 12.7 Å². The molecule has 11 nitrogen and oxygen atoms in total. The van der Waals surface area contributed by atoms with E-state index in [0.717, 1.165) is 14.7 Å². The molecule has 0 saturated carbocycles. The first-order chi connectivity index (χ1) is 9.97. The number of H-pyrrole nitrogens is 2. The highest BCUT2D eigenvalue weighted by molar-refractivity contribution is 7.36. The predicted molar refractivity (Wildman–Crippen MR) is 80.9 cm³/mol. The average molecular weight is 317 g/mol. The van der Waals surface area contributed by atoms with Gasteiger partial charge in [0.25, 0.3) is 0 Å². The fourth-order valence-corrected chi connectivity index (χ4v) is 1.45. The number of nitrogen functional groups attached to an aromatic ring is 2. The van der Waals surface area contributed by atoms with Gasteiger partial charge in [-0.25, -0.2) is 20.2 Å². The summed E-state index contributed by atoms with van der Waals surface area (Å²) in [5, 5.41) is 20.0. The summed E-state index contributed by atoms with van der Waals surface area (Å²) in [5.41, 5.74) is 15.3. The van der Waals surface area contributed by atoms with Crippen molar-refractivity contribution in [1.29, 1.82) is 0 Å². The Bertz CT molecular complexity index is 429. The largest absolute Gasteiger partial charge is 0.480 e. The van der Waals surface area contributed by atoms with Crippen LogP contribution in [0.4, 0.5) is 11.9 Å². The minimum absolute atomic E-state index is 0.356. The maximum Gasteiger partial charge on any atom is 0.320 e. The number of anilines is 2. The SMILES string of the molecule is CPCCC(N)C(=O)O.Nc1ncn[nH]1.Nc1ncn[nH]1. The third kappa shape index (κ3) is 11.3. The van der Waals surface area contributed by atoms with Gasteiger partial charge in [0, 0.05) is 0 Å². The number of hydrogen-bond donors (Lipinski definition) is 6. The lowest BCUT2D eigenvalue weighted by Gasteiger charge is -2.02. The second-order valence-corrected chi connectivity index (χ2v) is 4.79. The summed E-state index contributed by atoms with van der Waals surface area (Å²) >= 11 is 0. The van der Waals surface area contributed by atoms with Gasteiger partial charge in [-0.05, 0) is 19.2 Å². The predicted octanol–water partition coefficient (Wildman–Crippen LogP) is -1.13. The number of aliphatic carboxylic acids is 1. The third-order valence-electron chi connectivity index (χ3n) is 1.89. The molecule has 0 aliphatic rings. The Morgan fingerprint density at radius 1 is 1.29 bits per heavy atom. The van der Waals surface area contributed by atoms with E-state index < -0.39 is 12.0 Å². The minimum atomic E-state index is -0.895. The van der Waals surface area contributed by atoms with E-state index in [9.17, 15) is 4.79 Å². The lowest BCUT2D eigenvalue weighted by molar-refractivity contribution is -0.138. The summed E-state index contributed by atoms with van der Waals surface area (Å²) in [6.07, 6.45) is 4.24. The van der Waals surface area contributed by atoms with Crippen molar-refractivity contribution in [3.8, 4) is 0 Å². The van der Waals surface area contributed by atoms with Crippen LogP contribution in [0.3, 0.4) is 0 Å². The van der Waals surface area contributed by atoms with Crippen LogP contribution < -0.4 is 17.2 Å². The van der Waals surface area contributed by atoms with Gasteiger partial charge in [0.1, 0.15) is 18.7 Å². The van der Waals surface area contributed by atoms with Crippen molar-refractivity contribution in [2.75, 3.05) is 24.3 Å². The fraction of sp³-hybridized carbons (Fsp3) is 0.444. The molecule has 118 valence electrons. The highest BCUT2D eigenvalue weighted by Gasteiger charge is 2.08. The molecule has 0 bridgehead atoms. The van der Waals surface area contributed by atoms with E-state index in [0.29, 0.717) is 18.3 Å². The monoisotopic (exact) mass is 317 g/mol. The Hall–Kier alpha value is -2.26. The van der Waals surface area contributed by atoms with Crippen LogP contribution in [-0.4, -0.2) is 60.3 Å². The maximum absolute atomic E-state index is 10.1. The van der Waals surface area contributed by atoms with Crippen LogP contribution in [0.5, 0.6) is 0 Å². The first-order valence-electron chi connectivity index (χ1n) is 5.82. The van der Waals surface area contributed by atoms with Crippen LogP contribution in [0.1, 0.15) is 6.42 Å². The van der Waals surface area contributed by atoms with Crippen molar-refractivity contribution in [3.63, 3.8) is 0 Å². The summed E-state index contributed by atoms with van der Waals surface area (Å²) in [7, 11) is 0.800. The Balaban J connectivity index is 0.000000293. The Morgan fingerprint density at radius 2 is 1.76 bits per heavy atom. The van der Waals surface area contributed by atoms with Crippen molar-refractivity contribution < 1.29 is 9.90 Å². The molecule has 12 heteroatoms. The number of rotatable bonds is 4. The zero-order valence-corrected chi connectivity index (χ0v) is 12.5. The molecular formula is C9H20N9O2P. The molecule has 0 saturated heterocycles. The Labute approximate surface area is 122 Å². The third-order valence-corrected chi connectivity index (χ3v) is 2.68. The van der Waals surface area contributed by atoms with Crippen molar-refractivity contribution in [1.82, 2.24) is 30.4 Å². The van der Waals surface area contributed by atoms with Gasteiger partial charge in [-0.15, -0.1) is 8.58 Å². The van der Waals surface area contributed by atoms with Gasteiger partial charge < -0.3 is 22.3 Å². The second-order valence-electron chi connectivity index (χ2n) is 3.58. The maximum atomic E-state index is 10.1. The molecule has 21 heavy (non-hydrogen) atoms. The van der Waals surface area contributed by atoms with Crippen molar-refractivity contribution in [2.45, 2.75) is 12.5 Å². The molecule has 0 spiro atoms. The second kappa shape index (κ2) is 11.6. The van der Waals surface area contributed by atoms with Gasteiger partial charge in [-0.3, -0.25) is 4.79 Å². The van der Waals surface area contributed by atoms with E-state index in [4.69, 9.17) is 22.3 Å². The molecule has 9 N–H and O–H groups in total. The molecule has 0 aromatic carbocycles. The highest BCUT2D eigenvalue weighted by Crippen LogP contribution is 2.04. The Morgan fingerprint density at radius 3 is 1.95 bits per heavy atom. The molecule has 2 aromatic heterocycles. The number of carboxylic acid groups (broad SMARTS) is 1. The molecule has 0 amide bonds. The number of carbonyl (C=O) groups is 1. The van der Waals surface area contributed by atoms with Gasteiger partial charge in [-0.1, -0.05) is 0 Å². The molecular weight excluding hydrogens is 297 g/mol. The molecule has 0 aliphatic carbocycles. The van der Waals surface area contributed by atoms with Crippen LogP contribution in [0.15, 0.2) is 12.7 Å². The number of nitrogens with one attached hydrogen (secondary N) is 2. The number of aromatic nitrogens is 6. The van der Waals surface area contributed by atoms with Crippen LogP contribution >= 0.6 is 8.58 Å². The van der Waals surface area contributed by atoms with Gasteiger partial charge in [0.15, 0.2) is 0 Å². The van der Waals surface area contributed by atoms with Crippen LogP contribution in [0.2, 0.25) is 0 Å². The summed E-state index contributed by atoms with van der Waals surface area (Å²) in [5.74, 6) is -0.182. The Kier molecular flexibility index (Phi) is 10.3. The van der Waals surface area contributed by atoms with E-state index in [1.807, 2.05) is 6.66 Å². The fourth-order valence-electron chi connectivity index (χ4n) is 0.853. The lowest BCUT2D eigenvalue weighted by Crippen LogP contribution is -2.30. The number of aromatic amines is 2. The van der Waals surface area contributed by atoms with Crippen molar-refractivity contribution in [2.24, 2.45) is 5.73 Å². The average Bonchev–Trinajstić information content (AvgIpc) is 3.10. The van der Waals surface area contributed by atoms with Gasteiger partial charge >= 0.3 is 5.97 Å². The summed E-state index contributed by atoms with van der Waals surface area (Å²) in [4.78, 5) is 17.1. The molecule has 2 heterocycles. The summed E-state index contributed by atoms with van der Waals surface area (Å²) < 4.78 is 0. The quantitative estimate of drug-likeness (QED) is 0.377. The standard InChI is InChI=1S/C5H12NO2P.2C2H4N4/c1-9-3-2-4(6)5(7)8;2*3-2-4-1-5-6-2/h4,9H,2-3,6H2,1H3,(H,7,8);2*1H,(H3,3,4,5,6). The first kappa shape index (κ1) is 18.7. The smallest absolute Gasteiger partial charge is 0.320 e. The molecule has 2 unspecified atom stereocenters. The van der Waals surface area contributed by atoms with E-state index in [-0.39, 0.29) is 0 Å². The number of carboxylic acids is 1. The lowest BCUT2D eigenvalue weighted by atomic mass is 10.2. The summed E-state index contributed by atoms with van der Waals surface area (Å²) in [6, 6.07) is -0.655. The van der Waals surface area contributed by atoms with Crippen molar-refractivity contribution >= 4 is 26.4 Å². The summed E-state index contributed by atoms with van der Waals surface area (Å²) in [6.45, 7) is 2.04. The van der Waals surface area contributed by atoms with Gasteiger partial charge in [-0.2, -0.15) is 10.2 Å². The van der Waals surface area contributed by atoms with E-state index in [2.05, 4.69) is 30.4 Å². The van der Waals surface area contributed by atoms with Gasteiger partial charge in [0.05, 0.1) is 0 Å². The molecule has 2 aromatic rings. The van der Waals surface area contributed by atoms with Gasteiger partial charge in [0.2, 0.25) is 11.9 Å². The first-order valence-corrected chi connectivity index (χ1v) is 7.52. The topological polar surface area (TPSA) is 198 Å². The van der Waals surface area contributed by atoms with Crippen LogP contribution in [0.25, 0.3) is 0 Å². The zero-order valence-electron chi connectivity index (χ0n) is 11.5. The van der Waals surface area contributed by atoms with E-state index in [1.54, 1.807) is 0 Å². The minimum Gasteiger partial charge on any atom is -0.480 e. The highest BCUT2D eigenvalue weighted by atomic mass is 31.1. The van der Waals surface area contributed by atoms with Crippen LogP contribution in [-0.2, 0) is 4.79 Å². The molecule has 0 fully saturated rings. The molecule has 0 aliphatic heterocycles. The van der Waals surface area contributed by atoms with E-state index >= 15 is 0 Å². The van der Waals surface area contributed by atoms with Crippen LogP contribution in [0, 0.1) is 0 Å².